The van der Waals surface area contributed by atoms with Crippen molar-refractivity contribution in [1.82, 2.24) is 4.90 Å². The summed E-state index contributed by atoms with van der Waals surface area (Å²) >= 11 is 0. The van der Waals surface area contributed by atoms with Crippen LogP contribution in [0.25, 0.3) is 0 Å². The van der Waals surface area contributed by atoms with Crippen molar-refractivity contribution in [2.24, 2.45) is 17.3 Å². The maximum Gasteiger partial charge on any atom is 0.350 e. The van der Waals surface area contributed by atoms with Crippen LogP contribution < -0.4 is 9.47 Å². The molecule has 2 unspecified atom stereocenters. The smallest absolute Gasteiger partial charge is 0.350 e. The highest BCUT2D eigenvalue weighted by Gasteiger charge is 2.55. The van der Waals surface area contributed by atoms with Gasteiger partial charge in [0, 0.05) is 23.6 Å². The van der Waals surface area contributed by atoms with Crippen LogP contribution in [-0.2, 0) is 37.4 Å². The summed E-state index contributed by atoms with van der Waals surface area (Å²) in [6.45, 7) is 7.22. The van der Waals surface area contributed by atoms with Gasteiger partial charge >= 0.3 is 11.9 Å². The van der Waals surface area contributed by atoms with Crippen molar-refractivity contribution in [2.75, 3.05) is 27.3 Å². The fourth-order valence-electron chi connectivity index (χ4n) is 9.84. The molecule has 0 aromatic heterocycles. The Kier molecular flexibility index (Phi) is 23.9. The van der Waals surface area contributed by atoms with E-state index >= 15 is 4.79 Å². The highest BCUT2D eigenvalue weighted by Crippen LogP contribution is 2.52. The summed E-state index contributed by atoms with van der Waals surface area (Å²) in [6, 6.07) is 14.2. The Labute approximate surface area is 369 Å². The molecule has 0 amide bonds. The monoisotopic (exact) mass is 848 g/mol. The van der Waals surface area contributed by atoms with E-state index in [9.17, 15) is 9.59 Å². The van der Waals surface area contributed by atoms with Crippen molar-refractivity contribution in [3.8, 4) is 11.5 Å². The number of hydrogen-bond acceptors (Lipinski definition) is 9. The molecule has 1 fully saturated rings. The van der Waals surface area contributed by atoms with Crippen LogP contribution in [0.15, 0.2) is 42.5 Å². The maximum atomic E-state index is 15.0. The third-order valence-electron chi connectivity index (χ3n) is 13.4. The van der Waals surface area contributed by atoms with Gasteiger partial charge < -0.3 is 9.47 Å². The second-order valence-corrected chi connectivity index (χ2v) is 18.2. The van der Waals surface area contributed by atoms with Crippen molar-refractivity contribution < 1.29 is 38.7 Å². The first-order valence-corrected chi connectivity index (χ1v) is 24.5. The van der Waals surface area contributed by atoms with Crippen LogP contribution in [0.5, 0.6) is 11.5 Å². The number of likely N-dealkylation sites (tertiary alicyclic amines) is 1. The molecular weight excluding hydrogens is 767 g/mol. The van der Waals surface area contributed by atoms with E-state index in [4.69, 9.17) is 24.3 Å². The van der Waals surface area contributed by atoms with E-state index in [0.29, 0.717) is 42.7 Å². The Morgan fingerprint density at radius 2 is 1.21 bits per heavy atom. The van der Waals surface area contributed by atoms with E-state index in [2.05, 4.69) is 43.0 Å². The lowest BCUT2D eigenvalue weighted by Crippen LogP contribution is -2.45. The number of fused-ring (bicyclic) bond motifs is 1. The highest BCUT2D eigenvalue weighted by atomic mass is 17.5. The summed E-state index contributed by atoms with van der Waals surface area (Å²) in [7, 11) is 3.17. The van der Waals surface area contributed by atoms with Crippen LogP contribution in [-0.4, -0.2) is 49.9 Å². The number of ketones is 1. The number of ether oxygens (including phenoxy) is 2. The normalized spacial score (nSPS) is 17.3. The van der Waals surface area contributed by atoms with Crippen molar-refractivity contribution in [3.05, 3.63) is 59.2 Å². The molecule has 9 heteroatoms. The number of nitrogens with zero attached hydrogens (tertiary/aromatic N) is 1. The minimum Gasteiger partial charge on any atom is -0.493 e. The summed E-state index contributed by atoms with van der Waals surface area (Å²) in [6.07, 6.45) is 28.1. The van der Waals surface area contributed by atoms with Gasteiger partial charge in [0.2, 0.25) is 0 Å². The van der Waals surface area contributed by atoms with Gasteiger partial charge in [-0.25, -0.2) is 9.59 Å². The molecule has 342 valence electrons. The van der Waals surface area contributed by atoms with E-state index < -0.39 is 23.3 Å². The van der Waals surface area contributed by atoms with Gasteiger partial charge in [-0.2, -0.15) is 0 Å². The standard InChI is InChI=1S/C52H81NO8/c1-5-7-9-11-13-15-17-19-21-23-28-32-49(54)59-61-60-51(56)46(31-27-22-20-18-16-14-12-10-8-6-2)52(40-44-37-47(57-3)48(58-4)38-45(44)50(52)55)39-42-33-35-53(36-34-42)41-43-29-25-24-26-30-43/h24-26,29-30,37-38,42,46H,5-23,27-28,31-36,39-41H2,1-4H3. The molecule has 0 saturated carbocycles. The van der Waals surface area contributed by atoms with E-state index in [0.717, 1.165) is 76.6 Å². The topological polar surface area (TPSA) is 101 Å². The minimum absolute atomic E-state index is 0.0577. The lowest BCUT2D eigenvalue weighted by atomic mass is 9.64. The van der Waals surface area contributed by atoms with Gasteiger partial charge in [-0.05, 0) is 80.8 Å². The first kappa shape index (κ1) is 50.2. The van der Waals surface area contributed by atoms with Crippen LogP contribution in [0.3, 0.4) is 0 Å². The molecule has 1 aliphatic heterocycles. The number of carbonyl (C=O) groups excluding carboxylic acids is 3. The first-order chi connectivity index (χ1) is 29.8. The second-order valence-electron chi connectivity index (χ2n) is 18.2. The van der Waals surface area contributed by atoms with E-state index in [1.165, 1.54) is 95.5 Å². The molecular formula is C52H81NO8. The number of rotatable bonds is 33. The zero-order valence-corrected chi connectivity index (χ0v) is 38.6. The molecule has 1 aliphatic carbocycles. The summed E-state index contributed by atoms with van der Waals surface area (Å²) in [5.41, 5.74) is 1.66. The van der Waals surface area contributed by atoms with Crippen molar-refractivity contribution in [3.63, 3.8) is 0 Å². The molecule has 1 saturated heterocycles. The van der Waals surface area contributed by atoms with Crippen molar-refractivity contribution >= 4 is 17.7 Å². The first-order valence-electron chi connectivity index (χ1n) is 24.5. The summed E-state index contributed by atoms with van der Waals surface area (Å²) in [5.74, 6) is -0.775. The number of hydrogen-bond donors (Lipinski definition) is 0. The predicted molar refractivity (Wildman–Crippen MR) is 243 cm³/mol. The fourth-order valence-corrected chi connectivity index (χ4v) is 9.84. The molecule has 0 N–H and O–H groups in total. The Morgan fingerprint density at radius 1 is 0.689 bits per heavy atom. The SMILES string of the molecule is CCCCCCCCCCCCCC(=O)OOOC(=O)C(CCCCCCCCCCCC)C1(CC2CCN(Cc3ccccc3)CC2)Cc2cc(OC)c(OC)cc2C1=O. The molecule has 2 aliphatic rings. The molecule has 61 heavy (non-hydrogen) atoms. The number of Topliss-reactive ketones (excluding diaryl/α,β-unsaturated/α-hetero) is 1. The van der Waals surface area contributed by atoms with Gasteiger partial charge in [0.05, 0.1) is 25.6 Å². The average Bonchev–Trinajstić information content (AvgIpc) is 3.54. The fraction of sp³-hybridized carbons (Fsp3) is 0.712. The molecule has 0 bridgehead atoms. The molecule has 2 aromatic rings. The van der Waals surface area contributed by atoms with Crippen LogP contribution in [0.1, 0.15) is 202 Å². The number of methoxy groups -OCH3 is 2. The lowest BCUT2D eigenvalue weighted by molar-refractivity contribution is -0.461. The predicted octanol–water partition coefficient (Wildman–Crippen LogP) is 13.3. The molecule has 9 nitrogen and oxygen atoms in total. The van der Waals surface area contributed by atoms with E-state index in [1.807, 2.05) is 12.1 Å². The van der Waals surface area contributed by atoms with Gasteiger partial charge in [-0.3, -0.25) is 19.5 Å². The Balaban J connectivity index is 1.41. The third kappa shape index (κ3) is 17.0. The number of unbranched alkanes of at least 4 members (excludes halogenated alkanes) is 19. The van der Waals surface area contributed by atoms with Gasteiger partial charge in [0.25, 0.3) is 0 Å². The molecule has 0 radical (unpaired) electrons. The number of piperidine rings is 1. The minimum atomic E-state index is -1.05. The number of benzene rings is 2. The molecule has 0 spiro atoms. The highest BCUT2D eigenvalue weighted by molar-refractivity contribution is 6.07. The summed E-state index contributed by atoms with van der Waals surface area (Å²) < 4.78 is 11.3. The lowest BCUT2D eigenvalue weighted by Gasteiger charge is -2.40. The molecule has 1 heterocycles. The van der Waals surface area contributed by atoms with Crippen LogP contribution in [0, 0.1) is 17.3 Å². The summed E-state index contributed by atoms with van der Waals surface area (Å²) in [4.78, 5) is 54.9. The largest absolute Gasteiger partial charge is 0.493 e. The Morgan fingerprint density at radius 3 is 1.77 bits per heavy atom. The Hall–Kier alpha value is -3.43. The molecule has 2 aromatic carbocycles. The van der Waals surface area contributed by atoms with E-state index in [-0.39, 0.29) is 18.1 Å². The van der Waals surface area contributed by atoms with Gasteiger partial charge in [0.1, 0.15) is 0 Å². The third-order valence-corrected chi connectivity index (χ3v) is 13.4. The molecule has 2 atom stereocenters. The molecule has 4 rings (SSSR count). The van der Waals surface area contributed by atoms with Crippen LogP contribution >= 0.6 is 0 Å². The Bertz CT molecular complexity index is 1540. The second kappa shape index (κ2) is 29.0. The van der Waals surface area contributed by atoms with Gasteiger partial charge in [-0.1, -0.05) is 173 Å². The van der Waals surface area contributed by atoms with Crippen molar-refractivity contribution in [2.45, 2.75) is 194 Å². The van der Waals surface area contributed by atoms with Gasteiger partial charge in [-0.15, -0.1) is 0 Å². The van der Waals surface area contributed by atoms with Crippen molar-refractivity contribution in [1.29, 1.82) is 0 Å². The van der Waals surface area contributed by atoms with Crippen LogP contribution in [0.4, 0.5) is 0 Å². The quantitative estimate of drug-likeness (QED) is 0.0395. The average molecular weight is 848 g/mol. The van der Waals surface area contributed by atoms with E-state index in [1.54, 1.807) is 20.3 Å². The maximum absolute atomic E-state index is 15.0. The number of carbonyl (C=O) groups is 3. The van der Waals surface area contributed by atoms with Crippen LogP contribution in [0.2, 0.25) is 0 Å². The summed E-state index contributed by atoms with van der Waals surface area (Å²) in [5, 5.41) is 4.98. The van der Waals surface area contributed by atoms with Gasteiger partial charge in [0.15, 0.2) is 17.3 Å². The zero-order valence-electron chi connectivity index (χ0n) is 38.6. The zero-order chi connectivity index (χ0) is 43.5.